The Morgan fingerprint density at radius 1 is 1.38 bits per heavy atom. The molecule has 1 heterocycles. The van der Waals surface area contributed by atoms with Gasteiger partial charge in [-0.05, 0) is 38.2 Å². The third-order valence-electron chi connectivity index (χ3n) is 3.32. The summed E-state index contributed by atoms with van der Waals surface area (Å²) in [5.74, 6) is 0.628. The molecule has 21 heavy (non-hydrogen) atoms. The van der Waals surface area contributed by atoms with Gasteiger partial charge in [-0.2, -0.15) is 5.10 Å². The molecule has 0 bridgehead atoms. The first-order valence-corrected chi connectivity index (χ1v) is 6.79. The van der Waals surface area contributed by atoms with Crippen molar-refractivity contribution < 1.29 is 9.53 Å². The topological polar surface area (TPSA) is 79.0 Å². The number of nitrogens with one attached hydrogen (secondary N) is 3. The van der Waals surface area contributed by atoms with Gasteiger partial charge >= 0.3 is 0 Å². The van der Waals surface area contributed by atoms with Gasteiger partial charge in [0.05, 0.1) is 24.6 Å². The van der Waals surface area contributed by atoms with Crippen LogP contribution in [0.5, 0.6) is 5.75 Å². The molecule has 2 aromatic rings. The van der Waals surface area contributed by atoms with Crippen LogP contribution in [0, 0.1) is 0 Å². The maximum absolute atomic E-state index is 12.2. The fourth-order valence-corrected chi connectivity index (χ4v) is 1.88. The monoisotopic (exact) mass is 288 g/mol. The van der Waals surface area contributed by atoms with Crippen LogP contribution in [0.15, 0.2) is 30.5 Å². The maximum Gasteiger partial charge on any atom is 0.255 e. The number of hydrogen-bond donors (Lipinski definition) is 3. The number of H-pyrrole nitrogens is 1. The number of methoxy groups -OCH3 is 1. The molecule has 112 valence electrons. The molecule has 0 spiro atoms. The number of aromatic nitrogens is 2. The second-order valence-electron chi connectivity index (χ2n) is 4.79. The van der Waals surface area contributed by atoms with E-state index in [1.165, 1.54) is 0 Å². The third kappa shape index (κ3) is 3.61. The molecule has 0 aliphatic rings. The van der Waals surface area contributed by atoms with Gasteiger partial charge in [-0.15, -0.1) is 0 Å². The van der Waals surface area contributed by atoms with E-state index in [1.54, 1.807) is 13.3 Å². The molecule has 0 aliphatic carbocycles. The fraction of sp³-hybridized carbons (Fsp3) is 0.333. The predicted molar refractivity (Wildman–Crippen MR) is 81.4 cm³/mol. The molecular formula is C15H20N4O2. The Hall–Kier alpha value is -2.34. The van der Waals surface area contributed by atoms with Crippen LogP contribution in [0.1, 0.15) is 17.3 Å². The highest BCUT2D eigenvalue weighted by atomic mass is 16.5. The van der Waals surface area contributed by atoms with Gasteiger partial charge in [0.1, 0.15) is 5.75 Å². The summed E-state index contributed by atoms with van der Waals surface area (Å²) in [4.78, 5) is 12.2. The van der Waals surface area contributed by atoms with E-state index in [1.807, 2.05) is 38.2 Å². The van der Waals surface area contributed by atoms with E-state index in [0.29, 0.717) is 17.8 Å². The number of likely N-dealkylation sites (N-methyl/N-ethyl adjacent to an activating group) is 1. The number of carbonyl (C=O) groups excluding carboxylic acids is 1. The van der Waals surface area contributed by atoms with E-state index >= 15 is 0 Å². The fourth-order valence-electron chi connectivity index (χ4n) is 1.88. The van der Waals surface area contributed by atoms with Crippen molar-refractivity contribution in [3.05, 3.63) is 36.0 Å². The molecule has 0 saturated heterocycles. The molecule has 2 rings (SSSR count). The van der Waals surface area contributed by atoms with Crippen LogP contribution < -0.4 is 15.4 Å². The summed E-state index contributed by atoms with van der Waals surface area (Å²) in [6, 6.07) is 7.69. The minimum atomic E-state index is -0.142. The minimum absolute atomic E-state index is 0.142. The average molecular weight is 288 g/mol. The second-order valence-corrected chi connectivity index (χ2v) is 4.79. The van der Waals surface area contributed by atoms with Crippen LogP contribution in [-0.4, -0.2) is 42.8 Å². The molecular weight excluding hydrogens is 268 g/mol. The summed E-state index contributed by atoms with van der Waals surface area (Å²) in [7, 11) is 3.48. The molecule has 6 nitrogen and oxygen atoms in total. The van der Waals surface area contributed by atoms with Crippen LogP contribution >= 0.6 is 0 Å². The molecule has 1 amide bonds. The SMILES string of the molecule is CNC(C)CNC(=O)c1cn[nH]c1-c1ccc(OC)cc1. The Morgan fingerprint density at radius 2 is 2.10 bits per heavy atom. The van der Waals surface area contributed by atoms with Crippen LogP contribution in [0.25, 0.3) is 11.3 Å². The summed E-state index contributed by atoms with van der Waals surface area (Å²) in [6.07, 6.45) is 1.54. The number of carbonyl (C=O) groups is 1. The van der Waals surface area contributed by atoms with Gasteiger partial charge in [0.25, 0.3) is 5.91 Å². The summed E-state index contributed by atoms with van der Waals surface area (Å²) < 4.78 is 5.13. The van der Waals surface area contributed by atoms with E-state index in [0.717, 1.165) is 11.3 Å². The van der Waals surface area contributed by atoms with E-state index in [4.69, 9.17) is 4.74 Å². The predicted octanol–water partition coefficient (Wildman–Crippen LogP) is 1.42. The highest BCUT2D eigenvalue weighted by Gasteiger charge is 2.15. The molecule has 6 heteroatoms. The van der Waals surface area contributed by atoms with Crippen molar-refractivity contribution in [1.82, 2.24) is 20.8 Å². The smallest absolute Gasteiger partial charge is 0.255 e. The van der Waals surface area contributed by atoms with E-state index in [9.17, 15) is 4.79 Å². The Kier molecular flexibility index (Phi) is 4.94. The first-order chi connectivity index (χ1) is 10.2. The van der Waals surface area contributed by atoms with Gasteiger partial charge in [-0.1, -0.05) is 0 Å². The quantitative estimate of drug-likeness (QED) is 0.751. The highest BCUT2D eigenvalue weighted by molar-refractivity contribution is 5.99. The van der Waals surface area contributed by atoms with E-state index < -0.39 is 0 Å². The van der Waals surface area contributed by atoms with Crippen LogP contribution in [-0.2, 0) is 0 Å². The second kappa shape index (κ2) is 6.90. The third-order valence-corrected chi connectivity index (χ3v) is 3.32. The largest absolute Gasteiger partial charge is 0.497 e. The summed E-state index contributed by atoms with van der Waals surface area (Å²) in [5.41, 5.74) is 2.12. The molecule has 3 N–H and O–H groups in total. The lowest BCUT2D eigenvalue weighted by Gasteiger charge is -2.11. The van der Waals surface area contributed by atoms with Crippen molar-refractivity contribution in [3.63, 3.8) is 0 Å². The molecule has 0 fully saturated rings. The van der Waals surface area contributed by atoms with Crippen LogP contribution in [0.4, 0.5) is 0 Å². The zero-order valence-corrected chi connectivity index (χ0v) is 12.4. The van der Waals surface area contributed by atoms with Gasteiger partial charge in [-0.25, -0.2) is 0 Å². The Bertz CT molecular complexity index is 592. The van der Waals surface area contributed by atoms with Crippen molar-refractivity contribution in [3.8, 4) is 17.0 Å². The van der Waals surface area contributed by atoms with Crippen molar-refractivity contribution >= 4 is 5.91 Å². The van der Waals surface area contributed by atoms with Gasteiger partial charge in [-0.3, -0.25) is 9.89 Å². The number of hydrogen-bond acceptors (Lipinski definition) is 4. The molecule has 1 aromatic carbocycles. The van der Waals surface area contributed by atoms with Gasteiger partial charge in [0, 0.05) is 18.2 Å². The molecule has 1 aromatic heterocycles. The molecule has 1 atom stereocenters. The Morgan fingerprint density at radius 3 is 2.71 bits per heavy atom. The van der Waals surface area contributed by atoms with E-state index in [2.05, 4.69) is 20.8 Å². The van der Waals surface area contributed by atoms with Crippen molar-refractivity contribution in [2.45, 2.75) is 13.0 Å². The first-order valence-electron chi connectivity index (χ1n) is 6.79. The van der Waals surface area contributed by atoms with Gasteiger partial charge < -0.3 is 15.4 Å². The minimum Gasteiger partial charge on any atom is -0.497 e. The first kappa shape index (κ1) is 15.1. The highest BCUT2D eigenvalue weighted by Crippen LogP contribution is 2.23. The zero-order valence-electron chi connectivity index (χ0n) is 12.4. The number of benzene rings is 1. The standard InChI is InChI=1S/C15H20N4O2/c1-10(16-2)8-17-15(20)13-9-18-19-14(13)11-4-6-12(21-3)7-5-11/h4-7,9-10,16H,8H2,1-3H3,(H,17,20)(H,18,19). The number of nitrogens with zero attached hydrogens (tertiary/aromatic N) is 1. The summed E-state index contributed by atoms with van der Waals surface area (Å²) in [6.45, 7) is 2.56. The Labute approximate surface area is 123 Å². The van der Waals surface area contributed by atoms with Gasteiger partial charge in [0.2, 0.25) is 0 Å². The van der Waals surface area contributed by atoms with Crippen molar-refractivity contribution in [1.29, 1.82) is 0 Å². The number of amides is 1. The zero-order chi connectivity index (χ0) is 15.2. The molecule has 0 radical (unpaired) electrons. The van der Waals surface area contributed by atoms with Crippen LogP contribution in [0.3, 0.4) is 0 Å². The lowest BCUT2D eigenvalue weighted by Crippen LogP contribution is -2.37. The maximum atomic E-state index is 12.2. The molecule has 1 unspecified atom stereocenters. The summed E-state index contributed by atoms with van der Waals surface area (Å²) >= 11 is 0. The van der Waals surface area contributed by atoms with Crippen LogP contribution in [0.2, 0.25) is 0 Å². The lowest BCUT2D eigenvalue weighted by atomic mass is 10.1. The number of aromatic amines is 1. The van der Waals surface area contributed by atoms with Crippen molar-refractivity contribution in [2.24, 2.45) is 0 Å². The summed E-state index contributed by atoms with van der Waals surface area (Å²) in [5, 5.41) is 12.8. The lowest BCUT2D eigenvalue weighted by molar-refractivity contribution is 0.0951. The molecule has 0 saturated carbocycles. The average Bonchev–Trinajstić information content (AvgIpc) is 3.01. The van der Waals surface area contributed by atoms with E-state index in [-0.39, 0.29) is 11.9 Å². The Balaban J connectivity index is 2.15. The van der Waals surface area contributed by atoms with Crippen molar-refractivity contribution in [2.75, 3.05) is 20.7 Å². The number of rotatable bonds is 6. The van der Waals surface area contributed by atoms with Gasteiger partial charge in [0.15, 0.2) is 0 Å². The molecule has 0 aliphatic heterocycles. The number of ether oxygens (including phenoxy) is 1. The normalized spacial score (nSPS) is 12.0.